The van der Waals surface area contributed by atoms with Crippen molar-refractivity contribution in [1.29, 1.82) is 5.26 Å². The highest BCUT2D eigenvalue weighted by Gasteiger charge is 2.43. The molecule has 0 atom stereocenters. The van der Waals surface area contributed by atoms with Gasteiger partial charge in [0.2, 0.25) is 5.82 Å². The molecular formula is C12H10BrF2NO. The van der Waals surface area contributed by atoms with E-state index in [1.807, 2.05) is 0 Å². The molecule has 0 aliphatic heterocycles. The molecule has 1 saturated carbocycles. The summed E-state index contributed by atoms with van der Waals surface area (Å²) in [7, 11) is 0. The van der Waals surface area contributed by atoms with E-state index in [2.05, 4.69) is 22.0 Å². The number of rotatable bonds is 4. The lowest BCUT2D eigenvalue weighted by Gasteiger charge is -2.13. The Kier molecular flexibility index (Phi) is 3.34. The molecule has 0 saturated heterocycles. The van der Waals surface area contributed by atoms with Crippen LogP contribution in [0.2, 0.25) is 0 Å². The zero-order chi connectivity index (χ0) is 12.5. The lowest BCUT2D eigenvalue weighted by atomic mass is 10.1. The molecule has 1 aromatic carbocycles. The van der Waals surface area contributed by atoms with Crippen molar-refractivity contribution >= 4 is 15.9 Å². The maximum atomic E-state index is 13.4. The molecule has 0 spiro atoms. The van der Waals surface area contributed by atoms with Gasteiger partial charge in [0.25, 0.3) is 0 Å². The monoisotopic (exact) mass is 301 g/mol. The van der Waals surface area contributed by atoms with Crippen molar-refractivity contribution < 1.29 is 13.5 Å². The van der Waals surface area contributed by atoms with Crippen molar-refractivity contribution in [3.63, 3.8) is 0 Å². The van der Waals surface area contributed by atoms with Crippen LogP contribution >= 0.6 is 15.9 Å². The van der Waals surface area contributed by atoms with E-state index in [9.17, 15) is 8.78 Å². The Hall–Kier alpha value is -1.15. The summed E-state index contributed by atoms with van der Waals surface area (Å²) in [6, 6.07) is 4.52. The number of ether oxygens (including phenoxy) is 1. The van der Waals surface area contributed by atoms with Crippen LogP contribution < -0.4 is 4.74 Å². The summed E-state index contributed by atoms with van der Waals surface area (Å²) in [6.07, 6.45) is 2.20. The van der Waals surface area contributed by atoms with Gasteiger partial charge in [0.05, 0.1) is 12.7 Å². The average molecular weight is 302 g/mol. The molecule has 0 radical (unpaired) electrons. The molecule has 0 bridgehead atoms. The molecule has 1 aliphatic carbocycles. The highest BCUT2D eigenvalue weighted by molar-refractivity contribution is 9.10. The third kappa shape index (κ3) is 2.75. The molecule has 2 nitrogen and oxygen atoms in total. The fraction of sp³-hybridized carbons (Fsp3) is 0.417. The van der Waals surface area contributed by atoms with E-state index in [1.54, 1.807) is 0 Å². The predicted molar refractivity (Wildman–Crippen MR) is 61.5 cm³/mol. The number of hydrogen-bond donors (Lipinski definition) is 0. The summed E-state index contributed by atoms with van der Waals surface area (Å²) in [5, 5.41) is 8.63. The molecule has 0 heterocycles. The Morgan fingerprint density at radius 3 is 2.71 bits per heavy atom. The van der Waals surface area contributed by atoms with Crippen molar-refractivity contribution in [2.45, 2.75) is 19.3 Å². The molecule has 1 aromatic rings. The van der Waals surface area contributed by atoms with E-state index in [-0.39, 0.29) is 17.8 Å². The Balaban J connectivity index is 2.07. The first-order valence-corrected chi connectivity index (χ1v) is 6.00. The number of hydrogen-bond acceptors (Lipinski definition) is 2. The fourth-order valence-corrected chi connectivity index (χ4v) is 1.99. The molecule has 2 rings (SSSR count). The van der Waals surface area contributed by atoms with Gasteiger partial charge in [-0.05, 0) is 25.0 Å². The quantitative estimate of drug-likeness (QED) is 0.793. The second kappa shape index (κ2) is 4.61. The highest BCUT2D eigenvalue weighted by atomic mass is 79.9. The van der Waals surface area contributed by atoms with Crippen LogP contribution in [0.1, 0.15) is 19.3 Å². The number of benzene rings is 1. The molecule has 1 aliphatic rings. The smallest absolute Gasteiger partial charge is 0.200 e. The molecular weight excluding hydrogens is 292 g/mol. The lowest BCUT2D eigenvalue weighted by molar-refractivity contribution is 0.225. The SMILES string of the molecule is N#CCC1(COc2cc(Br)cc(F)c2F)CC1. The van der Waals surface area contributed by atoms with Crippen molar-refractivity contribution in [3.8, 4) is 11.8 Å². The summed E-state index contributed by atoms with van der Waals surface area (Å²) in [4.78, 5) is 0. The van der Waals surface area contributed by atoms with Gasteiger partial charge in [-0.3, -0.25) is 0 Å². The molecule has 0 amide bonds. The minimum atomic E-state index is -0.985. The van der Waals surface area contributed by atoms with Crippen molar-refractivity contribution in [2.24, 2.45) is 5.41 Å². The van der Waals surface area contributed by atoms with Crippen LogP contribution in [0, 0.1) is 28.4 Å². The van der Waals surface area contributed by atoms with E-state index < -0.39 is 11.6 Å². The van der Waals surface area contributed by atoms with Gasteiger partial charge in [0, 0.05) is 16.3 Å². The van der Waals surface area contributed by atoms with Crippen LogP contribution in [0.3, 0.4) is 0 Å². The predicted octanol–water partition coefficient (Wildman–Crippen LogP) is 3.80. The van der Waals surface area contributed by atoms with Gasteiger partial charge in [-0.25, -0.2) is 4.39 Å². The van der Waals surface area contributed by atoms with Gasteiger partial charge in [-0.15, -0.1) is 0 Å². The molecule has 0 aromatic heterocycles. The van der Waals surface area contributed by atoms with E-state index in [0.29, 0.717) is 10.9 Å². The second-order valence-corrected chi connectivity index (χ2v) is 5.24. The lowest BCUT2D eigenvalue weighted by Crippen LogP contribution is -2.13. The standard InChI is InChI=1S/C12H10BrF2NO/c13-8-5-9(14)11(15)10(6-8)17-7-12(1-2-12)3-4-16/h5-6H,1-3,7H2. The number of nitriles is 1. The third-order valence-corrected chi connectivity index (χ3v) is 3.36. The molecule has 0 N–H and O–H groups in total. The van der Waals surface area contributed by atoms with Crippen molar-refractivity contribution in [2.75, 3.05) is 6.61 Å². The summed E-state index contributed by atoms with van der Waals surface area (Å²) in [5.74, 6) is -2.04. The van der Waals surface area contributed by atoms with Gasteiger partial charge < -0.3 is 4.74 Å². The molecule has 17 heavy (non-hydrogen) atoms. The molecule has 1 fully saturated rings. The van der Waals surface area contributed by atoms with Crippen LogP contribution in [0.4, 0.5) is 8.78 Å². The van der Waals surface area contributed by atoms with Crippen LogP contribution in [0.5, 0.6) is 5.75 Å². The number of halogens is 3. The van der Waals surface area contributed by atoms with Gasteiger partial charge >= 0.3 is 0 Å². The minimum Gasteiger partial charge on any atom is -0.490 e. The highest BCUT2D eigenvalue weighted by Crippen LogP contribution is 2.48. The van der Waals surface area contributed by atoms with Crippen LogP contribution in [0.15, 0.2) is 16.6 Å². The Morgan fingerprint density at radius 1 is 1.41 bits per heavy atom. The van der Waals surface area contributed by atoms with Gasteiger partial charge in [-0.2, -0.15) is 9.65 Å². The summed E-state index contributed by atoms with van der Waals surface area (Å²) >= 11 is 3.07. The van der Waals surface area contributed by atoms with E-state index >= 15 is 0 Å². The summed E-state index contributed by atoms with van der Waals surface area (Å²) < 4.78 is 32.2. The summed E-state index contributed by atoms with van der Waals surface area (Å²) in [5.41, 5.74) is -0.153. The first kappa shape index (κ1) is 12.3. The first-order chi connectivity index (χ1) is 8.06. The Morgan fingerprint density at radius 2 is 2.12 bits per heavy atom. The van der Waals surface area contributed by atoms with Crippen LogP contribution in [-0.2, 0) is 0 Å². The minimum absolute atomic E-state index is 0.110. The normalized spacial score (nSPS) is 16.4. The zero-order valence-electron chi connectivity index (χ0n) is 8.97. The van der Waals surface area contributed by atoms with Gasteiger partial charge in [0.1, 0.15) is 0 Å². The maximum absolute atomic E-state index is 13.4. The topological polar surface area (TPSA) is 33.0 Å². The fourth-order valence-electron chi connectivity index (χ4n) is 1.58. The third-order valence-electron chi connectivity index (χ3n) is 2.90. The average Bonchev–Trinajstić information content (AvgIpc) is 3.02. The Labute approximate surface area is 106 Å². The van der Waals surface area contributed by atoms with Crippen molar-refractivity contribution in [3.05, 3.63) is 28.2 Å². The van der Waals surface area contributed by atoms with Crippen LogP contribution in [0.25, 0.3) is 0 Å². The van der Waals surface area contributed by atoms with Gasteiger partial charge in [0.15, 0.2) is 11.6 Å². The van der Waals surface area contributed by atoms with E-state index in [0.717, 1.165) is 18.9 Å². The molecule has 5 heteroatoms. The zero-order valence-corrected chi connectivity index (χ0v) is 10.6. The van der Waals surface area contributed by atoms with Gasteiger partial charge in [-0.1, -0.05) is 15.9 Å². The van der Waals surface area contributed by atoms with Crippen molar-refractivity contribution in [1.82, 2.24) is 0 Å². The largest absolute Gasteiger partial charge is 0.490 e. The first-order valence-electron chi connectivity index (χ1n) is 5.21. The molecule has 0 unspecified atom stereocenters. The Bertz CT molecular complexity index is 480. The van der Waals surface area contributed by atoms with E-state index in [4.69, 9.17) is 10.00 Å². The maximum Gasteiger partial charge on any atom is 0.200 e. The number of nitrogens with zero attached hydrogens (tertiary/aromatic N) is 1. The molecule has 90 valence electrons. The van der Waals surface area contributed by atoms with E-state index in [1.165, 1.54) is 6.07 Å². The second-order valence-electron chi connectivity index (χ2n) is 4.32. The summed E-state index contributed by atoms with van der Waals surface area (Å²) in [6.45, 7) is 0.257. The van der Waals surface area contributed by atoms with Crippen LogP contribution in [-0.4, -0.2) is 6.61 Å².